The lowest BCUT2D eigenvalue weighted by atomic mass is 9.79. The van der Waals surface area contributed by atoms with Crippen LogP contribution in [0, 0.1) is 11.8 Å². The Kier molecular flexibility index (Phi) is 15.6. The molecule has 1 aromatic rings. The van der Waals surface area contributed by atoms with Crippen LogP contribution in [0.5, 0.6) is 11.5 Å². The van der Waals surface area contributed by atoms with Crippen LogP contribution in [0.2, 0.25) is 0 Å². The average Bonchev–Trinajstić information content (AvgIpc) is 2.90. The molecule has 0 aliphatic rings. The van der Waals surface area contributed by atoms with Crippen molar-refractivity contribution < 1.29 is 52.7 Å². The first kappa shape index (κ1) is 35.5. The van der Waals surface area contributed by atoms with Crippen LogP contribution in [-0.2, 0) is 23.7 Å². The molecule has 1 aromatic carbocycles. The highest BCUT2D eigenvalue weighted by Crippen LogP contribution is 2.37. The molecule has 4 unspecified atom stereocenters. The van der Waals surface area contributed by atoms with Crippen molar-refractivity contribution in [3.05, 3.63) is 23.8 Å². The molecule has 12 heteroatoms. The second-order valence-corrected chi connectivity index (χ2v) is 10.2. The van der Waals surface area contributed by atoms with E-state index in [0.717, 1.165) is 12.8 Å². The molecule has 41 heavy (non-hydrogen) atoms. The largest absolute Gasteiger partial charge is 0.513 e. The fourth-order valence-electron chi connectivity index (χ4n) is 3.59. The van der Waals surface area contributed by atoms with Gasteiger partial charge in [-0.15, -0.1) is 0 Å². The van der Waals surface area contributed by atoms with Gasteiger partial charge < -0.3 is 39.3 Å². The predicted molar refractivity (Wildman–Crippen MR) is 149 cm³/mol. The molecule has 232 valence electrons. The van der Waals surface area contributed by atoms with Gasteiger partial charge in [0.05, 0.1) is 13.2 Å². The number of carboxylic acid groups (broad SMARTS) is 1. The molecule has 0 aliphatic heterocycles. The third-order valence-electron chi connectivity index (χ3n) is 6.66. The normalized spacial score (nSPS) is 14.7. The van der Waals surface area contributed by atoms with Crippen molar-refractivity contribution in [1.29, 1.82) is 0 Å². The molecule has 1 rings (SSSR count). The highest BCUT2D eigenvalue weighted by atomic mass is 16.7. The topological polar surface area (TPSA) is 170 Å². The molecule has 0 aromatic heterocycles. The zero-order valence-corrected chi connectivity index (χ0v) is 25.0. The summed E-state index contributed by atoms with van der Waals surface area (Å²) in [7, 11) is 0. The monoisotopic (exact) mass is 583 g/mol. The Balaban J connectivity index is 3.34. The van der Waals surface area contributed by atoms with E-state index in [2.05, 4.69) is 0 Å². The molecule has 0 radical (unpaired) electrons. The summed E-state index contributed by atoms with van der Waals surface area (Å²) in [6.07, 6.45) is -1.28. The molecule has 0 aliphatic carbocycles. The average molecular weight is 584 g/mol. The van der Waals surface area contributed by atoms with E-state index < -0.39 is 48.4 Å². The second-order valence-electron chi connectivity index (χ2n) is 10.2. The molecule has 0 spiro atoms. The minimum absolute atomic E-state index is 0.0696. The van der Waals surface area contributed by atoms with E-state index in [1.54, 1.807) is 20.8 Å². The number of hydrogen-bond acceptors (Lipinski definition) is 11. The molecule has 0 saturated carbocycles. The van der Waals surface area contributed by atoms with Crippen molar-refractivity contribution in [3.63, 3.8) is 0 Å². The zero-order chi connectivity index (χ0) is 31.1. The number of ether oxygens (including phenoxy) is 6. The first-order chi connectivity index (χ1) is 19.3. The lowest BCUT2D eigenvalue weighted by molar-refractivity contribution is -0.139. The van der Waals surface area contributed by atoms with Crippen LogP contribution >= 0.6 is 0 Å². The van der Waals surface area contributed by atoms with Crippen molar-refractivity contribution in [2.75, 3.05) is 13.2 Å². The molecule has 0 heterocycles. The van der Waals surface area contributed by atoms with Gasteiger partial charge in [-0.05, 0) is 50.3 Å². The van der Waals surface area contributed by atoms with Gasteiger partial charge in [0.25, 0.3) is 0 Å². The quantitative estimate of drug-likeness (QED) is 0.100. The Morgan fingerprint density at radius 1 is 0.780 bits per heavy atom. The van der Waals surface area contributed by atoms with Crippen LogP contribution in [0.15, 0.2) is 18.2 Å². The van der Waals surface area contributed by atoms with Gasteiger partial charge in [-0.3, -0.25) is 4.79 Å². The fourth-order valence-corrected chi connectivity index (χ4v) is 3.59. The van der Waals surface area contributed by atoms with Gasteiger partial charge in [0.15, 0.2) is 11.5 Å². The van der Waals surface area contributed by atoms with Crippen molar-refractivity contribution in [2.24, 2.45) is 17.6 Å². The van der Waals surface area contributed by atoms with Crippen LogP contribution in [0.1, 0.15) is 85.6 Å². The van der Waals surface area contributed by atoms with E-state index in [1.807, 2.05) is 27.7 Å². The predicted octanol–water partition coefficient (Wildman–Crippen LogP) is 6.04. The minimum Gasteiger partial charge on any atom is -0.480 e. The Bertz CT molecular complexity index is 997. The molecule has 0 fully saturated rings. The van der Waals surface area contributed by atoms with Crippen molar-refractivity contribution in [3.8, 4) is 11.5 Å². The maximum atomic E-state index is 12.4. The van der Waals surface area contributed by atoms with Gasteiger partial charge in [0.2, 0.25) is 0 Å². The molecule has 12 nitrogen and oxygen atoms in total. The zero-order valence-electron chi connectivity index (χ0n) is 25.0. The van der Waals surface area contributed by atoms with E-state index in [9.17, 15) is 24.3 Å². The number of carbonyl (C=O) groups is 4. The maximum Gasteiger partial charge on any atom is 0.513 e. The Labute approximate surface area is 241 Å². The number of aliphatic carboxylic acids is 1. The van der Waals surface area contributed by atoms with Gasteiger partial charge in [-0.2, -0.15) is 0 Å². The number of carboxylic acids is 1. The van der Waals surface area contributed by atoms with E-state index in [-0.39, 0.29) is 36.7 Å². The number of unbranched alkanes of at least 4 members (excludes halogenated alkanes) is 2. The summed E-state index contributed by atoms with van der Waals surface area (Å²) in [5.74, 6) is -3.15. The fraction of sp³-hybridized carbons (Fsp3) is 0.655. The first-order valence-electron chi connectivity index (χ1n) is 14.0. The Hall–Kier alpha value is -3.54. The number of hydrogen-bond donors (Lipinski definition) is 2. The molecule has 0 amide bonds. The SMILES string of the molecule is CCCCOC(=O)Oc1ccc(C(C(C)C(C)OC(=O)OC(C)C(C)C)[C@H](N)C(=O)O)cc1OC(=O)OCCCC. The Morgan fingerprint density at radius 3 is 1.78 bits per heavy atom. The van der Waals surface area contributed by atoms with Crippen molar-refractivity contribution in [1.82, 2.24) is 0 Å². The van der Waals surface area contributed by atoms with Gasteiger partial charge in [0.1, 0.15) is 18.2 Å². The third-order valence-corrected chi connectivity index (χ3v) is 6.66. The summed E-state index contributed by atoms with van der Waals surface area (Å²) >= 11 is 0. The molecular weight excluding hydrogens is 538 g/mol. The molecule has 0 saturated heterocycles. The van der Waals surface area contributed by atoms with Crippen LogP contribution in [-0.4, -0.2) is 61.0 Å². The third kappa shape index (κ3) is 12.2. The summed E-state index contributed by atoms with van der Waals surface area (Å²) < 4.78 is 31.4. The van der Waals surface area contributed by atoms with Crippen LogP contribution in [0.3, 0.4) is 0 Å². The number of benzene rings is 1. The number of rotatable bonds is 16. The summed E-state index contributed by atoms with van der Waals surface area (Å²) in [4.78, 5) is 48.9. The van der Waals surface area contributed by atoms with Crippen molar-refractivity contribution in [2.45, 2.75) is 98.3 Å². The second kappa shape index (κ2) is 18.0. The lowest BCUT2D eigenvalue weighted by Gasteiger charge is -2.32. The van der Waals surface area contributed by atoms with Crippen LogP contribution in [0.4, 0.5) is 14.4 Å². The van der Waals surface area contributed by atoms with Crippen LogP contribution in [0.25, 0.3) is 0 Å². The van der Waals surface area contributed by atoms with Crippen LogP contribution < -0.4 is 15.2 Å². The minimum atomic E-state index is -1.43. The first-order valence-corrected chi connectivity index (χ1v) is 14.0. The summed E-state index contributed by atoms with van der Waals surface area (Å²) in [6.45, 7) is 12.9. The smallest absolute Gasteiger partial charge is 0.480 e. The highest BCUT2D eigenvalue weighted by Gasteiger charge is 2.36. The molecule has 0 bridgehead atoms. The molecule has 5 atom stereocenters. The van der Waals surface area contributed by atoms with E-state index in [4.69, 9.17) is 34.2 Å². The molecule has 3 N–H and O–H groups in total. The summed E-state index contributed by atoms with van der Waals surface area (Å²) in [5.41, 5.74) is 6.42. The van der Waals surface area contributed by atoms with Gasteiger partial charge >= 0.3 is 24.4 Å². The van der Waals surface area contributed by atoms with Gasteiger partial charge in [0, 0.05) is 11.8 Å². The summed E-state index contributed by atoms with van der Waals surface area (Å²) in [6, 6.07) is 2.73. The van der Waals surface area contributed by atoms with E-state index in [1.165, 1.54) is 18.2 Å². The Morgan fingerprint density at radius 2 is 1.29 bits per heavy atom. The maximum absolute atomic E-state index is 12.4. The number of carbonyl (C=O) groups excluding carboxylic acids is 3. The summed E-state index contributed by atoms with van der Waals surface area (Å²) in [5, 5.41) is 9.77. The molecular formula is C29H45NO11. The highest BCUT2D eigenvalue weighted by molar-refractivity contribution is 5.75. The van der Waals surface area contributed by atoms with Gasteiger partial charge in [-0.1, -0.05) is 53.5 Å². The standard InChI is InChI=1S/C29H45NO11/c1-8-10-14-36-27(33)40-22-13-12-21(16-23(22)41-28(34)37-15-11-9-2)24(25(30)26(31)32)18(5)20(7)39-29(35)38-19(6)17(3)4/h12-13,16-20,24-25H,8-11,14-15,30H2,1-7H3,(H,31,32)/t18?,19?,20?,24?,25-/m0/s1. The lowest BCUT2D eigenvalue weighted by Crippen LogP contribution is -2.43. The number of nitrogens with two attached hydrogens (primary N) is 1. The van der Waals surface area contributed by atoms with Crippen molar-refractivity contribution >= 4 is 24.4 Å². The van der Waals surface area contributed by atoms with E-state index in [0.29, 0.717) is 18.4 Å². The van der Waals surface area contributed by atoms with Gasteiger partial charge in [-0.25, -0.2) is 14.4 Å². The van der Waals surface area contributed by atoms with E-state index >= 15 is 0 Å².